The normalized spacial score (nSPS) is 12.3. The Bertz CT molecular complexity index is 473. The predicted octanol–water partition coefficient (Wildman–Crippen LogP) is 4.15. The monoisotopic (exact) mass is 254 g/mol. The van der Waals surface area contributed by atoms with Crippen molar-refractivity contribution in [2.24, 2.45) is 0 Å². The van der Waals surface area contributed by atoms with Crippen molar-refractivity contribution >= 4 is 0 Å². The zero-order valence-corrected chi connectivity index (χ0v) is 11.5. The van der Waals surface area contributed by atoms with E-state index < -0.39 is 0 Å². The molecule has 0 amide bonds. The average molecular weight is 254 g/mol. The fourth-order valence-corrected chi connectivity index (χ4v) is 2.55. The van der Waals surface area contributed by atoms with Gasteiger partial charge in [-0.15, -0.1) is 0 Å². The Balaban J connectivity index is 2.24. The average Bonchev–Trinajstić information content (AvgIpc) is 2.47. The fourth-order valence-electron chi connectivity index (χ4n) is 2.55. The molecule has 0 aliphatic heterocycles. The second-order valence-corrected chi connectivity index (χ2v) is 4.97. The molecular weight excluding hydrogens is 232 g/mol. The lowest BCUT2D eigenvalue weighted by molar-refractivity contribution is 0.281. The molecule has 1 atom stereocenters. The Morgan fingerprint density at radius 3 is 2.11 bits per heavy atom. The SMILES string of the molecule is CCCc1ccc(C(CCO)c2ccccc2)cc1. The maximum Gasteiger partial charge on any atom is 0.0440 e. The van der Waals surface area contributed by atoms with Gasteiger partial charge < -0.3 is 5.11 Å². The minimum atomic E-state index is 0.219. The van der Waals surface area contributed by atoms with Gasteiger partial charge in [0, 0.05) is 12.5 Å². The van der Waals surface area contributed by atoms with Crippen LogP contribution in [0, 0.1) is 0 Å². The van der Waals surface area contributed by atoms with Gasteiger partial charge in [0.25, 0.3) is 0 Å². The molecule has 1 heteroatoms. The summed E-state index contributed by atoms with van der Waals surface area (Å²) in [5.41, 5.74) is 3.96. The van der Waals surface area contributed by atoms with Crippen LogP contribution < -0.4 is 0 Å². The zero-order chi connectivity index (χ0) is 13.5. The quantitative estimate of drug-likeness (QED) is 0.821. The summed E-state index contributed by atoms with van der Waals surface area (Å²) in [6, 6.07) is 19.3. The third-order valence-electron chi connectivity index (χ3n) is 3.54. The number of aliphatic hydroxyl groups excluding tert-OH is 1. The van der Waals surface area contributed by atoms with E-state index in [1.165, 1.54) is 23.1 Å². The van der Waals surface area contributed by atoms with Crippen molar-refractivity contribution in [1.82, 2.24) is 0 Å². The second kappa shape index (κ2) is 7.10. The van der Waals surface area contributed by atoms with Crippen LogP contribution in [0.15, 0.2) is 54.6 Å². The summed E-state index contributed by atoms with van der Waals surface area (Å²) in [6.07, 6.45) is 3.09. The van der Waals surface area contributed by atoms with Crippen molar-refractivity contribution in [3.05, 3.63) is 71.3 Å². The van der Waals surface area contributed by atoms with E-state index in [1.807, 2.05) is 6.07 Å². The summed E-state index contributed by atoms with van der Waals surface area (Å²) in [4.78, 5) is 0. The highest BCUT2D eigenvalue weighted by Gasteiger charge is 2.13. The van der Waals surface area contributed by atoms with Crippen LogP contribution in [0.1, 0.15) is 42.4 Å². The van der Waals surface area contributed by atoms with Crippen LogP contribution in [-0.2, 0) is 6.42 Å². The second-order valence-electron chi connectivity index (χ2n) is 4.97. The van der Waals surface area contributed by atoms with Crippen LogP contribution in [-0.4, -0.2) is 11.7 Å². The first-order valence-corrected chi connectivity index (χ1v) is 7.09. The summed E-state index contributed by atoms with van der Waals surface area (Å²) in [5, 5.41) is 9.30. The van der Waals surface area contributed by atoms with Gasteiger partial charge in [-0.3, -0.25) is 0 Å². The minimum Gasteiger partial charge on any atom is -0.396 e. The molecule has 2 aromatic rings. The van der Waals surface area contributed by atoms with E-state index in [9.17, 15) is 5.11 Å². The molecule has 0 saturated heterocycles. The number of benzene rings is 2. The molecule has 0 heterocycles. The van der Waals surface area contributed by atoms with Crippen molar-refractivity contribution in [2.45, 2.75) is 32.1 Å². The van der Waals surface area contributed by atoms with E-state index >= 15 is 0 Å². The topological polar surface area (TPSA) is 20.2 Å². The molecule has 0 aliphatic rings. The van der Waals surface area contributed by atoms with Crippen LogP contribution in [0.25, 0.3) is 0 Å². The summed E-state index contributed by atoms with van der Waals surface area (Å²) >= 11 is 0. The van der Waals surface area contributed by atoms with Gasteiger partial charge in [-0.2, -0.15) is 0 Å². The van der Waals surface area contributed by atoms with E-state index in [2.05, 4.69) is 55.5 Å². The molecule has 100 valence electrons. The number of aliphatic hydroxyl groups is 1. The van der Waals surface area contributed by atoms with Gasteiger partial charge in [0.05, 0.1) is 0 Å². The fraction of sp³-hybridized carbons (Fsp3) is 0.333. The van der Waals surface area contributed by atoms with E-state index in [0.29, 0.717) is 5.92 Å². The van der Waals surface area contributed by atoms with Crippen molar-refractivity contribution in [3.63, 3.8) is 0 Å². The number of hydrogen-bond donors (Lipinski definition) is 1. The summed E-state index contributed by atoms with van der Waals surface area (Å²) in [6.45, 7) is 2.42. The molecule has 1 unspecified atom stereocenters. The predicted molar refractivity (Wildman–Crippen MR) is 80.4 cm³/mol. The Morgan fingerprint density at radius 1 is 0.895 bits per heavy atom. The molecule has 19 heavy (non-hydrogen) atoms. The van der Waals surface area contributed by atoms with Gasteiger partial charge in [-0.1, -0.05) is 67.9 Å². The molecule has 0 spiro atoms. The van der Waals surface area contributed by atoms with Crippen molar-refractivity contribution in [2.75, 3.05) is 6.61 Å². The van der Waals surface area contributed by atoms with Gasteiger partial charge in [-0.05, 0) is 29.5 Å². The molecule has 0 bridgehead atoms. The smallest absolute Gasteiger partial charge is 0.0440 e. The zero-order valence-electron chi connectivity index (χ0n) is 11.5. The molecule has 0 radical (unpaired) electrons. The van der Waals surface area contributed by atoms with Crippen LogP contribution >= 0.6 is 0 Å². The Morgan fingerprint density at radius 2 is 1.53 bits per heavy atom. The van der Waals surface area contributed by atoms with E-state index in [0.717, 1.165) is 12.8 Å². The van der Waals surface area contributed by atoms with Gasteiger partial charge in [0.2, 0.25) is 0 Å². The van der Waals surface area contributed by atoms with Crippen LogP contribution in [0.3, 0.4) is 0 Å². The minimum absolute atomic E-state index is 0.219. The van der Waals surface area contributed by atoms with Crippen LogP contribution in [0.5, 0.6) is 0 Å². The standard InChI is InChI=1S/C18H22O/c1-2-6-15-9-11-17(12-10-15)18(13-14-19)16-7-4-3-5-8-16/h3-5,7-12,18-19H,2,6,13-14H2,1H3. The first-order valence-electron chi connectivity index (χ1n) is 7.09. The largest absolute Gasteiger partial charge is 0.396 e. The lowest BCUT2D eigenvalue weighted by Crippen LogP contribution is -2.03. The molecule has 0 aromatic heterocycles. The van der Waals surface area contributed by atoms with Crippen molar-refractivity contribution < 1.29 is 5.11 Å². The Labute approximate surface area is 115 Å². The first-order chi connectivity index (χ1) is 9.35. The third-order valence-corrected chi connectivity index (χ3v) is 3.54. The lowest BCUT2D eigenvalue weighted by Gasteiger charge is -2.17. The summed E-state index contributed by atoms with van der Waals surface area (Å²) in [5.74, 6) is 0.293. The number of aryl methyl sites for hydroxylation is 1. The first kappa shape index (κ1) is 13.8. The van der Waals surface area contributed by atoms with Crippen LogP contribution in [0.2, 0.25) is 0 Å². The van der Waals surface area contributed by atoms with Crippen molar-refractivity contribution in [1.29, 1.82) is 0 Å². The highest BCUT2D eigenvalue weighted by atomic mass is 16.3. The highest BCUT2D eigenvalue weighted by Crippen LogP contribution is 2.27. The van der Waals surface area contributed by atoms with E-state index in [4.69, 9.17) is 0 Å². The molecular formula is C18H22O. The van der Waals surface area contributed by atoms with Crippen LogP contribution in [0.4, 0.5) is 0 Å². The van der Waals surface area contributed by atoms with E-state index in [-0.39, 0.29) is 6.61 Å². The third kappa shape index (κ3) is 3.68. The molecule has 0 saturated carbocycles. The maximum atomic E-state index is 9.30. The molecule has 0 aliphatic carbocycles. The Kier molecular flexibility index (Phi) is 5.17. The number of rotatable bonds is 6. The molecule has 2 aromatic carbocycles. The van der Waals surface area contributed by atoms with E-state index in [1.54, 1.807) is 0 Å². The molecule has 1 N–H and O–H groups in total. The van der Waals surface area contributed by atoms with Gasteiger partial charge in [0.1, 0.15) is 0 Å². The molecule has 1 nitrogen and oxygen atoms in total. The summed E-state index contributed by atoms with van der Waals surface area (Å²) < 4.78 is 0. The maximum absolute atomic E-state index is 9.30. The molecule has 0 fully saturated rings. The number of hydrogen-bond acceptors (Lipinski definition) is 1. The van der Waals surface area contributed by atoms with Gasteiger partial charge in [-0.25, -0.2) is 0 Å². The van der Waals surface area contributed by atoms with Gasteiger partial charge >= 0.3 is 0 Å². The van der Waals surface area contributed by atoms with Gasteiger partial charge in [0.15, 0.2) is 0 Å². The molecule has 2 rings (SSSR count). The highest BCUT2D eigenvalue weighted by molar-refractivity contribution is 5.34. The Hall–Kier alpha value is -1.60. The van der Waals surface area contributed by atoms with Crippen molar-refractivity contribution in [3.8, 4) is 0 Å². The lowest BCUT2D eigenvalue weighted by atomic mass is 9.88. The summed E-state index contributed by atoms with van der Waals surface area (Å²) in [7, 11) is 0.